The van der Waals surface area contributed by atoms with Crippen molar-refractivity contribution in [3.05, 3.63) is 29.3 Å². The highest BCUT2D eigenvalue weighted by Crippen LogP contribution is 2.36. The highest BCUT2D eigenvalue weighted by Gasteiger charge is 2.25. The Kier molecular flexibility index (Phi) is 6.08. The predicted octanol–water partition coefficient (Wildman–Crippen LogP) is 2.37. The lowest BCUT2D eigenvalue weighted by molar-refractivity contribution is -0.117. The first-order valence-electron chi connectivity index (χ1n) is 8.61. The molecule has 1 N–H and O–H groups in total. The van der Waals surface area contributed by atoms with Crippen LogP contribution in [-0.4, -0.2) is 68.1 Å². The van der Waals surface area contributed by atoms with Gasteiger partial charge in [0.15, 0.2) is 0 Å². The molecule has 0 unspecified atom stereocenters. The topological polar surface area (TPSA) is 75.0 Å². The van der Waals surface area contributed by atoms with Gasteiger partial charge in [-0.3, -0.25) is 9.69 Å². The average molecular weight is 377 g/mol. The first-order chi connectivity index (χ1) is 12.6. The summed E-state index contributed by atoms with van der Waals surface area (Å²) in [6.07, 6.45) is 1.55. The van der Waals surface area contributed by atoms with E-state index in [0.717, 1.165) is 26.2 Å². The van der Waals surface area contributed by atoms with Crippen molar-refractivity contribution in [1.29, 1.82) is 0 Å². The molecule has 0 aromatic carbocycles. The van der Waals surface area contributed by atoms with Gasteiger partial charge in [-0.25, -0.2) is 4.79 Å². The van der Waals surface area contributed by atoms with Crippen LogP contribution < -0.4 is 5.32 Å². The summed E-state index contributed by atoms with van der Waals surface area (Å²) in [6.45, 7) is 5.94. The van der Waals surface area contributed by atoms with Crippen molar-refractivity contribution in [2.45, 2.75) is 6.92 Å². The maximum absolute atomic E-state index is 12.5. The molecule has 0 atom stereocenters. The van der Waals surface area contributed by atoms with Gasteiger partial charge in [0.1, 0.15) is 16.3 Å². The highest BCUT2D eigenvalue weighted by atomic mass is 32.1. The number of piperazine rings is 1. The second kappa shape index (κ2) is 8.48. The third-order valence-corrected chi connectivity index (χ3v) is 5.17. The molecule has 0 saturated carbocycles. The van der Waals surface area contributed by atoms with E-state index in [1.807, 2.05) is 0 Å². The van der Waals surface area contributed by atoms with Gasteiger partial charge in [0.05, 0.1) is 19.4 Å². The molecular formula is C18H23N3O4S. The number of ether oxygens (including phenoxy) is 1. The predicted molar refractivity (Wildman–Crippen MR) is 101 cm³/mol. The lowest BCUT2D eigenvalue weighted by Crippen LogP contribution is -2.47. The number of carbonyl (C=O) groups is 2. The van der Waals surface area contributed by atoms with E-state index in [0.29, 0.717) is 28.4 Å². The molecule has 0 aliphatic carbocycles. The van der Waals surface area contributed by atoms with E-state index in [-0.39, 0.29) is 12.5 Å². The summed E-state index contributed by atoms with van der Waals surface area (Å²) >= 11 is 1.30. The molecule has 1 aliphatic heterocycles. The van der Waals surface area contributed by atoms with Crippen LogP contribution in [0.5, 0.6) is 0 Å². The summed E-state index contributed by atoms with van der Waals surface area (Å²) in [4.78, 5) is 29.2. The summed E-state index contributed by atoms with van der Waals surface area (Å²) in [5, 5.41) is 5.17. The van der Waals surface area contributed by atoms with Crippen molar-refractivity contribution >= 4 is 28.2 Å². The number of furan rings is 1. The molecule has 1 saturated heterocycles. The number of hydrogen-bond donors (Lipinski definition) is 1. The van der Waals surface area contributed by atoms with E-state index in [4.69, 9.17) is 9.15 Å². The van der Waals surface area contributed by atoms with Crippen LogP contribution in [0, 0.1) is 0 Å². The van der Waals surface area contributed by atoms with Gasteiger partial charge in [-0.05, 0) is 26.1 Å². The molecule has 0 bridgehead atoms. The molecule has 1 amide bonds. The molecule has 1 aliphatic rings. The first kappa shape index (κ1) is 18.6. The Balaban J connectivity index is 1.74. The van der Waals surface area contributed by atoms with E-state index in [1.54, 1.807) is 30.7 Å². The Labute approximate surface area is 156 Å². The van der Waals surface area contributed by atoms with Crippen molar-refractivity contribution in [3.8, 4) is 11.3 Å². The standard InChI is InChI=1S/C18H23N3O4S/c1-3-24-18(23)16-13(14-5-4-10-25-14)12-26-17(16)19-15(22)11-21-8-6-20(2)7-9-21/h4-5,10,12H,3,6-9,11H2,1-2H3,(H,19,22). The third kappa shape index (κ3) is 4.32. The Bertz CT molecular complexity index is 749. The molecule has 8 heteroatoms. The Morgan fingerprint density at radius 3 is 2.73 bits per heavy atom. The van der Waals surface area contributed by atoms with E-state index >= 15 is 0 Å². The summed E-state index contributed by atoms with van der Waals surface area (Å²) in [7, 11) is 2.07. The van der Waals surface area contributed by atoms with Crippen molar-refractivity contribution in [1.82, 2.24) is 9.80 Å². The van der Waals surface area contributed by atoms with Crippen LogP contribution >= 0.6 is 11.3 Å². The molecule has 1 fully saturated rings. The highest BCUT2D eigenvalue weighted by molar-refractivity contribution is 7.15. The third-order valence-electron chi connectivity index (χ3n) is 4.27. The van der Waals surface area contributed by atoms with E-state index in [2.05, 4.69) is 22.2 Å². The SMILES string of the molecule is CCOC(=O)c1c(-c2ccco2)csc1NC(=O)CN1CCN(C)CC1. The molecule has 0 spiro atoms. The lowest BCUT2D eigenvalue weighted by atomic mass is 10.1. The molecular weight excluding hydrogens is 354 g/mol. The molecule has 3 rings (SSSR count). The number of nitrogens with zero attached hydrogens (tertiary/aromatic N) is 2. The summed E-state index contributed by atoms with van der Waals surface area (Å²) < 4.78 is 10.6. The van der Waals surface area contributed by atoms with Crippen molar-refractivity contribution in [2.75, 3.05) is 51.7 Å². The monoisotopic (exact) mass is 377 g/mol. The number of esters is 1. The Hall–Kier alpha value is -2.16. The van der Waals surface area contributed by atoms with Gasteiger partial charge in [0.2, 0.25) is 5.91 Å². The quantitative estimate of drug-likeness (QED) is 0.779. The molecule has 7 nitrogen and oxygen atoms in total. The van der Waals surface area contributed by atoms with Crippen molar-refractivity contribution < 1.29 is 18.7 Å². The number of anilines is 1. The van der Waals surface area contributed by atoms with Gasteiger partial charge in [-0.1, -0.05) is 0 Å². The lowest BCUT2D eigenvalue weighted by Gasteiger charge is -2.31. The van der Waals surface area contributed by atoms with Gasteiger partial charge >= 0.3 is 5.97 Å². The number of nitrogens with one attached hydrogen (secondary N) is 1. The molecule has 26 heavy (non-hydrogen) atoms. The number of likely N-dealkylation sites (N-methyl/N-ethyl adjacent to an activating group) is 1. The van der Waals surface area contributed by atoms with Crippen molar-refractivity contribution in [3.63, 3.8) is 0 Å². The van der Waals surface area contributed by atoms with Crippen LogP contribution in [0.4, 0.5) is 5.00 Å². The van der Waals surface area contributed by atoms with Crippen LogP contribution in [0.2, 0.25) is 0 Å². The van der Waals surface area contributed by atoms with Gasteiger partial charge in [-0.2, -0.15) is 0 Å². The van der Waals surface area contributed by atoms with Crippen LogP contribution in [0.3, 0.4) is 0 Å². The van der Waals surface area contributed by atoms with Crippen LogP contribution in [0.15, 0.2) is 28.2 Å². The summed E-state index contributed by atoms with van der Waals surface area (Å²) in [5.41, 5.74) is 0.979. The van der Waals surface area contributed by atoms with Gasteiger partial charge in [0.25, 0.3) is 0 Å². The van der Waals surface area contributed by atoms with Crippen LogP contribution in [-0.2, 0) is 9.53 Å². The first-order valence-corrected chi connectivity index (χ1v) is 9.49. The van der Waals surface area contributed by atoms with Gasteiger partial charge in [-0.15, -0.1) is 11.3 Å². The van der Waals surface area contributed by atoms with Gasteiger partial charge in [0, 0.05) is 37.1 Å². The van der Waals surface area contributed by atoms with Crippen molar-refractivity contribution in [2.24, 2.45) is 0 Å². The maximum atomic E-state index is 12.5. The second-order valence-electron chi connectivity index (χ2n) is 6.18. The molecule has 2 aromatic rings. The number of amides is 1. The smallest absolute Gasteiger partial charge is 0.341 e. The minimum absolute atomic E-state index is 0.132. The number of thiophene rings is 1. The van der Waals surface area contributed by atoms with Gasteiger partial charge < -0.3 is 19.4 Å². The Morgan fingerprint density at radius 1 is 1.31 bits per heavy atom. The second-order valence-corrected chi connectivity index (χ2v) is 7.06. The van der Waals surface area contributed by atoms with Crippen LogP contribution in [0.25, 0.3) is 11.3 Å². The zero-order valence-corrected chi connectivity index (χ0v) is 15.8. The summed E-state index contributed by atoms with van der Waals surface area (Å²) in [6, 6.07) is 3.54. The van der Waals surface area contributed by atoms with Crippen LogP contribution in [0.1, 0.15) is 17.3 Å². The van der Waals surface area contributed by atoms with E-state index in [9.17, 15) is 9.59 Å². The number of hydrogen-bond acceptors (Lipinski definition) is 7. The van der Waals surface area contributed by atoms with E-state index < -0.39 is 5.97 Å². The zero-order chi connectivity index (χ0) is 18.5. The fourth-order valence-corrected chi connectivity index (χ4v) is 3.80. The molecule has 2 aromatic heterocycles. The average Bonchev–Trinajstić information content (AvgIpc) is 3.26. The fraction of sp³-hybridized carbons (Fsp3) is 0.444. The zero-order valence-electron chi connectivity index (χ0n) is 15.0. The largest absolute Gasteiger partial charge is 0.464 e. The normalized spacial score (nSPS) is 15.8. The molecule has 0 radical (unpaired) electrons. The minimum atomic E-state index is -0.463. The number of carbonyl (C=O) groups excluding carboxylic acids is 2. The summed E-state index contributed by atoms with van der Waals surface area (Å²) in [5.74, 6) is -0.0214. The van der Waals surface area contributed by atoms with E-state index in [1.165, 1.54) is 11.3 Å². The fourth-order valence-electron chi connectivity index (χ4n) is 2.84. The maximum Gasteiger partial charge on any atom is 0.341 e. The molecule has 3 heterocycles. The number of rotatable bonds is 6. The minimum Gasteiger partial charge on any atom is -0.464 e. The Morgan fingerprint density at radius 2 is 2.08 bits per heavy atom. The molecule has 140 valence electrons.